The molecule has 1 aromatic carbocycles. The topological polar surface area (TPSA) is 81.1 Å². The van der Waals surface area contributed by atoms with Crippen LogP contribution < -0.4 is 10.9 Å². The molecule has 1 N–H and O–H groups in total. The van der Waals surface area contributed by atoms with Gasteiger partial charge in [-0.15, -0.1) is 11.3 Å². The highest BCUT2D eigenvalue weighted by Gasteiger charge is 2.15. The van der Waals surface area contributed by atoms with Crippen molar-refractivity contribution in [2.75, 3.05) is 11.1 Å². The molecule has 3 rings (SSSR count). The van der Waals surface area contributed by atoms with Crippen LogP contribution in [-0.4, -0.2) is 27.0 Å². The monoisotopic (exact) mass is 415 g/mol. The number of hydrogen-bond acceptors (Lipinski definition) is 6. The summed E-state index contributed by atoms with van der Waals surface area (Å²) in [5, 5.41) is 5.20. The van der Waals surface area contributed by atoms with Gasteiger partial charge < -0.3 is 5.32 Å². The zero-order chi connectivity index (χ0) is 20.3. The number of amides is 1. The Morgan fingerprint density at radius 2 is 1.93 bits per heavy atom. The third-order valence-electron chi connectivity index (χ3n) is 3.99. The van der Waals surface area contributed by atoms with Crippen molar-refractivity contribution in [2.45, 2.75) is 32.5 Å². The number of rotatable bonds is 7. The highest BCUT2D eigenvalue weighted by Crippen LogP contribution is 2.22. The lowest BCUT2D eigenvalue weighted by Gasteiger charge is -2.14. The van der Waals surface area contributed by atoms with Crippen LogP contribution in [-0.2, 0) is 11.3 Å². The van der Waals surface area contributed by atoms with Crippen LogP contribution in [0.15, 0.2) is 45.7 Å². The summed E-state index contributed by atoms with van der Waals surface area (Å²) in [4.78, 5) is 41.0. The van der Waals surface area contributed by atoms with E-state index in [-0.39, 0.29) is 28.9 Å². The zero-order valence-corrected chi connectivity index (χ0v) is 17.5. The molecule has 2 heterocycles. The molecule has 0 fully saturated rings. The summed E-state index contributed by atoms with van der Waals surface area (Å²) in [6.07, 6.45) is 0. The number of thiophene rings is 1. The van der Waals surface area contributed by atoms with Gasteiger partial charge in [-0.25, -0.2) is 4.98 Å². The summed E-state index contributed by atoms with van der Waals surface area (Å²) < 4.78 is 2.29. The number of fused-ring (bicyclic) bond motifs is 1. The number of thioether (sulfide) groups is 1. The van der Waals surface area contributed by atoms with Crippen LogP contribution >= 0.6 is 23.1 Å². The van der Waals surface area contributed by atoms with Gasteiger partial charge in [-0.3, -0.25) is 19.0 Å². The van der Waals surface area contributed by atoms with Gasteiger partial charge in [0.05, 0.1) is 11.3 Å². The van der Waals surface area contributed by atoms with Crippen molar-refractivity contribution in [1.82, 2.24) is 9.55 Å². The van der Waals surface area contributed by atoms with Crippen molar-refractivity contribution < 1.29 is 9.59 Å². The molecule has 0 atom stereocenters. The van der Waals surface area contributed by atoms with Crippen LogP contribution in [0.1, 0.15) is 31.1 Å². The summed E-state index contributed by atoms with van der Waals surface area (Å²) in [6.45, 7) is 6.13. The normalized spacial score (nSPS) is 11.1. The summed E-state index contributed by atoms with van der Waals surface area (Å²) in [5.74, 6) is 0.196. The smallest absolute Gasteiger partial charge is 0.272 e. The van der Waals surface area contributed by atoms with Crippen molar-refractivity contribution in [3.05, 3.63) is 51.6 Å². The van der Waals surface area contributed by atoms with Gasteiger partial charge >= 0.3 is 0 Å². The first kappa shape index (κ1) is 20.3. The Morgan fingerprint density at radius 1 is 1.21 bits per heavy atom. The second-order valence-corrected chi connectivity index (χ2v) is 8.67. The zero-order valence-electron chi connectivity index (χ0n) is 15.9. The van der Waals surface area contributed by atoms with E-state index in [9.17, 15) is 14.4 Å². The van der Waals surface area contributed by atoms with Gasteiger partial charge in [0.15, 0.2) is 10.9 Å². The molecular formula is C20H21N3O3S2. The highest BCUT2D eigenvalue weighted by molar-refractivity contribution is 7.99. The Kier molecular flexibility index (Phi) is 6.31. The van der Waals surface area contributed by atoms with Crippen LogP contribution in [0.25, 0.3) is 10.2 Å². The van der Waals surface area contributed by atoms with Gasteiger partial charge in [-0.05, 0) is 48.6 Å². The van der Waals surface area contributed by atoms with E-state index in [1.54, 1.807) is 28.8 Å². The number of anilines is 1. The summed E-state index contributed by atoms with van der Waals surface area (Å²) in [5.41, 5.74) is 1.82. The minimum absolute atomic E-state index is 0.0218. The lowest BCUT2D eigenvalue weighted by atomic mass is 10.1. The summed E-state index contributed by atoms with van der Waals surface area (Å²) >= 11 is 2.63. The number of hydrogen-bond donors (Lipinski definition) is 1. The Bertz CT molecular complexity index is 1070. The van der Waals surface area contributed by atoms with Gasteiger partial charge in [-0.1, -0.05) is 25.6 Å². The molecule has 0 aliphatic heterocycles. The van der Waals surface area contributed by atoms with E-state index in [0.29, 0.717) is 33.2 Å². The first-order chi connectivity index (χ1) is 13.3. The van der Waals surface area contributed by atoms with E-state index in [1.165, 1.54) is 30.0 Å². The molecule has 146 valence electrons. The number of carbonyl (C=O) groups is 2. The van der Waals surface area contributed by atoms with Gasteiger partial charge in [0, 0.05) is 17.8 Å². The number of nitrogens with zero attached hydrogens (tertiary/aromatic N) is 2. The van der Waals surface area contributed by atoms with E-state index in [4.69, 9.17) is 0 Å². The summed E-state index contributed by atoms with van der Waals surface area (Å²) in [7, 11) is 0. The Labute approximate surface area is 171 Å². The van der Waals surface area contributed by atoms with Crippen LogP contribution in [0, 0.1) is 5.92 Å². The molecule has 0 spiro atoms. The number of nitrogens with one attached hydrogen (secondary N) is 1. The van der Waals surface area contributed by atoms with Crippen molar-refractivity contribution >= 4 is 50.7 Å². The largest absolute Gasteiger partial charge is 0.325 e. The maximum atomic E-state index is 12.8. The molecule has 6 nitrogen and oxygen atoms in total. The van der Waals surface area contributed by atoms with Crippen molar-refractivity contribution in [2.24, 2.45) is 5.92 Å². The Hall–Kier alpha value is -2.45. The van der Waals surface area contributed by atoms with Gasteiger partial charge in [-0.2, -0.15) is 0 Å². The van der Waals surface area contributed by atoms with E-state index in [0.717, 1.165) is 0 Å². The van der Waals surface area contributed by atoms with Gasteiger partial charge in [0.25, 0.3) is 5.56 Å². The molecule has 0 bridgehead atoms. The molecular weight excluding hydrogens is 394 g/mol. The molecule has 0 saturated carbocycles. The highest BCUT2D eigenvalue weighted by atomic mass is 32.2. The first-order valence-electron chi connectivity index (χ1n) is 8.87. The Balaban J connectivity index is 1.74. The number of ketones is 1. The molecule has 1 amide bonds. The maximum Gasteiger partial charge on any atom is 0.272 e. The van der Waals surface area contributed by atoms with E-state index in [1.807, 2.05) is 25.3 Å². The van der Waals surface area contributed by atoms with E-state index in [2.05, 4.69) is 10.3 Å². The van der Waals surface area contributed by atoms with Crippen LogP contribution in [0.4, 0.5) is 5.69 Å². The standard InChI is InChI=1S/C20H21N3O3S2/c1-12(2)10-23-19(26)18-16(8-9-27-18)22-20(23)28-11-17(25)21-15-6-4-14(5-7-15)13(3)24/h4-9,12H,10-11H2,1-3H3,(H,21,25). The van der Waals surface area contributed by atoms with Crippen LogP contribution in [0.3, 0.4) is 0 Å². The van der Waals surface area contributed by atoms with Crippen molar-refractivity contribution in [3.8, 4) is 0 Å². The molecule has 3 aromatic rings. The Morgan fingerprint density at radius 3 is 2.57 bits per heavy atom. The molecule has 28 heavy (non-hydrogen) atoms. The van der Waals surface area contributed by atoms with Crippen LogP contribution in [0.5, 0.6) is 0 Å². The lowest BCUT2D eigenvalue weighted by Crippen LogP contribution is -2.25. The molecule has 0 aliphatic rings. The minimum atomic E-state index is -0.198. The maximum absolute atomic E-state index is 12.8. The molecule has 0 saturated heterocycles. The van der Waals surface area contributed by atoms with Crippen LogP contribution in [0.2, 0.25) is 0 Å². The fourth-order valence-electron chi connectivity index (χ4n) is 2.68. The fraction of sp³-hybridized carbons (Fsp3) is 0.300. The van der Waals surface area contributed by atoms with Crippen molar-refractivity contribution in [1.29, 1.82) is 0 Å². The molecule has 8 heteroatoms. The molecule has 2 aromatic heterocycles. The third kappa shape index (κ3) is 4.69. The second-order valence-electron chi connectivity index (χ2n) is 6.81. The summed E-state index contributed by atoms with van der Waals surface area (Å²) in [6, 6.07) is 8.57. The number of benzene rings is 1. The van der Waals surface area contributed by atoms with E-state index < -0.39 is 0 Å². The third-order valence-corrected chi connectivity index (χ3v) is 5.85. The predicted octanol–water partition coefficient (Wildman–Crippen LogP) is 4.05. The van der Waals surface area contributed by atoms with Gasteiger partial charge in [0.2, 0.25) is 5.91 Å². The lowest BCUT2D eigenvalue weighted by molar-refractivity contribution is -0.113. The predicted molar refractivity (Wildman–Crippen MR) is 115 cm³/mol. The number of carbonyl (C=O) groups excluding carboxylic acids is 2. The van der Waals surface area contributed by atoms with Gasteiger partial charge in [0.1, 0.15) is 4.70 Å². The SMILES string of the molecule is CC(=O)c1ccc(NC(=O)CSc2nc3ccsc3c(=O)n2CC(C)C)cc1. The number of aromatic nitrogens is 2. The number of Topliss-reactive ketones (excluding diaryl/α,β-unsaturated/α-hetero) is 1. The average molecular weight is 416 g/mol. The molecule has 0 radical (unpaired) electrons. The average Bonchev–Trinajstić information content (AvgIpc) is 3.11. The fourth-order valence-corrected chi connectivity index (χ4v) is 4.26. The second kappa shape index (κ2) is 8.70. The van der Waals surface area contributed by atoms with E-state index >= 15 is 0 Å². The molecule has 0 aliphatic carbocycles. The minimum Gasteiger partial charge on any atom is -0.325 e. The van der Waals surface area contributed by atoms with Crippen molar-refractivity contribution in [3.63, 3.8) is 0 Å². The molecule has 0 unspecified atom stereocenters. The quantitative estimate of drug-likeness (QED) is 0.358. The first-order valence-corrected chi connectivity index (χ1v) is 10.7.